The number of aliphatic hydroxyl groups is 1. The van der Waals surface area contributed by atoms with E-state index in [2.05, 4.69) is 22.4 Å². The molecule has 2 aromatic heterocycles. The Balaban J connectivity index is 1.63. The van der Waals surface area contributed by atoms with Crippen molar-refractivity contribution in [1.29, 1.82) is 0 Å². The fourth-order valence-corrected chi connectivity index (χ4v) is 4.10. The molecular formula is C22H29N5O2S. The zero-order valence-corrected chi connectivity index (χ0v) is 18.6. The number of hydrogen-bond acceptors (Lipinski definition) is 7. The van der Waals surface area contributed by atoms with Crippen molar-refractivity contribution >= 4 is 32.7 Å². The lowest BCUT2D eigenvalue weighted by Gasteiger charge is -2.29. The van der Waals surface area contributed by atoms with Crippen LogP contribution in [0, 0.1) is 5.92 Å². The average molecular weight is 428 g/mol. The Morgan fingerprint density at radius 2 is 1.87 bits per heavy atom. The van der Waals surface area contributed by atoms with Crippen LogP contribution in [0.15, 0.2) is 41.6 Å². The number of nitrogens with zero attached hydrogens (tertiary/aromatic N) is 4. The zero-order chi connectivity index (χ0) is 21.7. The van der Waals surface area contributed by atoms with Gasteiger partial charge in [0.2, 0.25) is 0 Å². The zero-order valence-electron chi connectivity index (χ0n) is 17.8. The highest BCUT2D eigenvalue weighted by molar-refractivity contribution is 7.21. The highest BCUT2D eigenvalue weighted by atomic mass is 32.1. The van der Waals surface area contributed by atoms with Crippen molar-refractivity contribution < 1.29 is 10.3 Å². The molecule has 3 aromatic rings. The van der Waals surface area contributed by atoms with E-state index in [0.717, 1.165) is 45.3 Å². The Hall–Kier alpha value is -2.71. The van der Waals surface area contributed by atoms with Crippen molar-refractivity contribution in [2.24, 2.45) is 11.1 Å². The molecule has 0 amide bonds. The molecule has 1 unspecified atom stereocenters. The molecule has 0 bridgehead atoms. The highest BCUT2D eigenvalue weighted by Crippen LogP contribution is 2.27. The van der Waals surface area contributed by atoms with Gasteiger partial charge in [0.25, 0.3) is 0 Å². The van der Waals surface area contributed by atoms with E-state index in [1.807, 2.05) is 62.2 Å². The van der Waals surface area contributed by atoms with Crippen LogP contribution in [-0.4, -0.2) is 50.7 Å². The summed E-state index contributed by atoms with van der Waals surface area (Å²) in [4.78, 5) is 12.3. The molecule has 0 radical (unpaired) electrons. The maximum Gasteiger partial charge on any atom is 0.185 e. The molecule has 0 aliphatic rings. The molecule has 0 saturated heterocycles. The van der Waals surface area contributed by atoms with Crippen LogP contribution in [0.4, 0.5) is 5.13 Å². The van der Waals surface area contributed by atoms with E-state index >= 15 is 0 Å². The van der Waals surface area contributed by atoms with Crippen LogP contribution < -0.4 is 5.32 Å². The number of fused-ring (bicyclic) bond motifs is 1. The van der Waals surface area contributed by atoms with Gasteiger partial charge < -0.3 is 20.5 Å². The van der Waals surface area contributed by atoms with Crippen LogP contribution >= 0.6 is 11.3 Å². The number of anilines is 1. The number of benzene rings is 1. The fourth-order valence-electron chi connectivity index (χ4n) is 3.24. The standard InChI is InChI=1S/C22H29N5O2S/c1-14(2)20(26-29)27(4)15(3)11-12-23-22-25-19-10-9-18(24-21(19)30-22)17-7-5-16(13-28)6-8-17/h5-10,14-15,28-29H,11-13H2,1-4H3,(H,23,25)/b26-20-. The van der Waals surface area contributed by atoms with Crippen LogP contribution in [0.5, 0.6) is 0 Å². The summed E-state index contributed by atoms with van der Waals surface area (Å²) in [6.07, 6.45) is 0.883. The molecule has 2 heterocycles. The number of aromatic nitrogens is 2. The molecule has 0 saturated carbocycles. The van der Waals surface area contributed by atoms with Crippen LogP contribution in [0.25, 0.3) is 21.6 Å². The van der Waals surface area contributed by atoms with E-state index in [4.69, 9.17) is 4.98 Å². The topological polar surface area (TPSA) is 93.9 Å². The van der Waals surface area contributed by atoms with Gasteiger partial charge in [-0.3, -0.25) is 0 Å². The van der Waals surface area contributed by atoms with Crippen molar-refractivity contribution in [3.63, 3.8) is 0 Å². The predicted molar refractivity (Wildman–Crippen MR) is 123 cm³/mol. The highest BCUT2D eigenvalue weighted by Gasteiger charge is 2.17. The third-order valence-corrected chi connectivity index (χ3v) is 6.09. The van der Waals surface area contributed by atoms with Gasteiger partial charge in [0.1, 0.15) is 16.2 Å². The monoisotopic (exact) mass is 427 g/mol. The molecule has 0 spiro atoms. The van der Waals surface area contributed by atoms with E-state index in [0.29, 0.717) is 5.84 Å². The van der Waals surface area contributed by atoms with Gasteiger partial charge >= 0.3 is 0 Å². The Labute approximate surface area is 181 Å². The molecule has 1 atom stereocenters. The maximum absolute atomic E-state index is 9.23. The summed E-state index contributed by atoms with van der Waals surface area (Å²) in [5, 5.41) is 26.1. The summed E-state index contributed by atoms with van der Waals surface area (Å²) >= 11 is 1.54. The van der Waals surface area contributed by atoms with E-state index < -0.39 is 0 Å². The second-order valence-corrected chi connectivity index (χ2v) is 8.66. The van der Waals surface area contributed by atoms with Crippen molar-refractivity contribution in [3.8, 4) is 11.3 Å². The first-order valence-corrected chi connectivity index (χ1v) is 10.9. The Bertz CT molecular complexity index is 1000. The number of thiazole rings is 1. The Kier molecular flexibility index (Phi) is 7.23. The van der Waals surface area contributed by atoms with E-state index in [1.54, 1.807) is 0 Å². The number of nitrogens with one attached hydrogen (secondary N) is 1. The lowest BCUT2D eigenvalue weighted by atomic mass is 10.1. The van der Waals surface area contributed by atoms with Gasteiger partial charge in [-0.05, 0) is 31.0 Å². The van der Waals surface area contributed by atoms with Gasteiger partial charge in [-0.2, -0.15) is 0 Å². The predicted octanol–water partition coefficient (Wildman–Crippen LogP) is 4.42. The first-order chi connectivity index (χ1) is 14.4. The van der Waals surface area contributed by atoms with Crippen molar-refractivity contribution in [1.82, 2.24) is 14.9 Å². The summed E-state index contributed by atoms with van der Waals surface area (Å²) in [6, 6.07) is 11.9. The number of oxime groups is 1. The van der Waals surface area contributed by atoms with E-state index in [1.165, 1.54) is 11.3 Å². The largest absolute Gasteiger partial charge is 0.409 e. The summed E-state index contributed by atoms with van der Waals surface area (Å²) in [5.74, 6) is 0.853. The van der Waals surface area contributed by atoms with Crippen LogP contribution in [-0.2, 0) is 6.61 Å². The lowest BCUT2D eigenvalue weighted by Crippen LogP contribution is -2.38. The molecule has 0 aliphatic heterocycles. The molecular weight excluding hydrogens is 398 g/mol. The second kappa shape index (κ2) is 9.86. The molecule has 30 heavy (non-hydrogen) atoms. The molecule has 3 rings (SSSR count). The number of pyridine rings is 1. The van der Waals surface area contributed by atoms with Gasteiger partial charge in [-0.25, -0.2) is 9.97 Å². The Morgan fingerprint density at radius 3 is 2.50 bits per heavy atom. The van der Waals surface area contributed by atoms with Gasteiger partial charge in [0.05, 0.1) is 12.3 Å². The van der Waals surface area contributed by atoms with Crippen LogP contribution in [0.3, 0.4) is 0 Å². The van der Waals surface area contributed by atoms with Crippen LogP contribution in [0.2, 0.25) is 0 Å². The molecule has 0 fully saturated rings. The van der Waals surface area contributed by atoms with Crippen molar-refractivity contribution in [2.75, 3.05) is 18.9 Å². The maximum atomic E-state index is 9.23. The van der Waals surface area contributed by atoms with E-state index in [9.17, 15) is 10.3 Å². The van der Waals surface area contributed by atoms with Crippen molar-refractivity contribution in [3.05, 3.63) is 42.0 Å². The lowest BCUT2D eigenvalue weighted by molar-refractivity contribution is 0.282. The first-order valence-electron chi connectivity index (χ1n) is 10.1. The normalized spacial score (nSPS) is 13.1. The minimum atomic E-state index is 0.0383. The summed E-state index contributed by atoms with van der Waals surface area (Å²) in [6.45, 7) is 6.94. The molecule has 3 N–H and O–H groups in total. The average Bonchev–Trinajstić information content (AvgIpc) is 3.15. The van der Waals surface area contributed by atoms with E-state index in [-0.39, 0.29) is 18.6 Å². The third kappa shape index (κ3) is 5.06. The van der Waals surface area contributed by atoms with Gasteiger partial charge in [-0.15, -0.1) is 0 Å². The summed E-state index contributed by atoms with van der Waals surface area (Å²) < 4.78 is 0. The molecule has 1 aromatic carbocycles. The fraction of sp³-hybridized carbons (Fsp3) is 0.409. The first kappa shape index (κ1) is 22.0. The SMILES string of the molecule is CC(C)/C(=N/O)N(C)C(C)CCNc1nc2ccc(-c3ccc(CO)cc3)nc2s1. The molecule has 160 valence electrons. The minimum Gasteiger partial charge on any atom is -0.409 e. The number of amidine groups is 1. The summed E-state index contributed by atoms with van der Waals surface area (Å²) in [7, 11) is 1.95. The quantitative estimate of drug-likeness (QED) is 0.213. The van der Waals surface area contributed by atoms with Gasteiger partial charge in [0.15, 0.2) is 5.13 Å². The summed E-state index contributed by atoms with van der Waals surface area (Å²) in [5.41, 5.74) is 3.66. The minimum absolute atomic E-state index is 0.0383. The molecule has 7 nitrogen and oxygen atoms in total. The molecule has 8 heteroatoms. The number of hydrogen-bond donors (Lipinski definition) is 3. The Morgan fingerprint density at radius 1 is 1.13 bits per heavy atom. The van der Waals surface area contributed by atoms with Gasteiger partial charge in [0, 0.05) is 31.1 Å². The number of rotatable bonds is 8. The smallest absolute Gasteiger partial charge is 0.185 e. The third-order valence-electron chi connectivity index (χ3n) is 5.17. The van der Waals surface area contributed by atoms with Crippen molar-refractivity contribution in [2.45, 2.75) is 39.8 Å². The number of aliphatic hydroxyl groups excluding tert-OH is 1. The molecule has 0 aliphatic carbocycles. The van der Waals surface area contributed by atoms with Crippen LogP contribution in [0.1, 0.15) is 32.8 Å². The second-order valence-electron chi connectivity index (χ2n) is 7.68. The van der Waals surface area contributed by atoms with Gasteiger partial charge in [-0.1, -0.05) is 54.6 Å².